The van der Waals surface area contributed by atoms with Crippen molar-refractivity contribution in [1.29, 1.82) is 0 Å². The van der Waals surface area contributed by atoms with E-state index >= 15 is 0 Å². The average Bonchev–Trinajstić information content (AvgIpc) is 4.06. The van der Waals surface area contributed by atoms with Gasteiger partial charge in [0.25, 0.3) is 0 Å². The summed E-state index contributed by atoms with van der Waals surface area (Å²) < 4.78 is 0. The van der Waals surface area contributed by atoms with Crippen molar-refractivity contribution >= 4 is 11.8 Å². The zero-order chi connectivity index (χ0) is 38.8. The first-order valence-corrected chi connectivity index (χ1v) is 19.6. The first-order chi connectivity index (χ1) is 27.3. The zero-order valence-electron chi connectivity index (χ0n) is 32.6. The fraction of sp³-hybridized carbons (Fsp3) is 0.304. The van der Waals surface area contributed by atoms with Crippen molar-refractivity contribution in [3.8, 4) is 33.6 Å². The minimum absolute atomic E-state index is 0.0890. The van der Waals surface area contributed by atoms with Crippen molar-refractivity contribution in [1.82, 2.24) is 39.5 Å². The molecule has 2 amide bonds. The van der Waals surface area contributed by atoms with Crippen LogP contribution in [0.1, 0.15) is 72.6 Å². The normalized spacial score (nSPS) is 18.2. The second-order valence-corrected chi connectivity index (χ2v) is 15.5. The van der Waals surface area contributed by atoms with E-state index in [4.69, 9.17) is 9.97 Å². The summed E-state index contributed by atoms with van der Waals surface area (Å²) in [5, 5.41) is 0. The molecule has 10 heteroatoms. The molecule has 4 atom stereocenters. The molecule has 4 heterocycles. The van der Waals surface area contributed by atoms with Gasteiger partial charge in [-0.3, -0.25) is 19.4 Å². The molecule has 0 aliphatic carbocycles. The minimum Gasteiger partial charge on any atom is -0.340 e. The molecular formula is C46H50N8O2. The Bertz CT molecular complexity index is 2260. The van der Waals surface area contributed by atoms with E-state index in [1.165, 1.54) is 0 Å². The number of likely N-dealkylation sites (tertiary alicyclic amines) is 2. The monoisotopic (exact) mass is 746 g/mol. The quantitative estimate of drug-likeness (QED) is 0.139. The first kappa shape index (κ1) is 37.1. The lowest BCUT2D eigenvalue weighted by Gasteiger charge is -2.31. The van der Waals surface area contributed by atoms with Crippen LogP contribution in [0.3, 0.4) is 0 Å². The highest BCUT2D eigenvalue weighted by Gasteiger charge is 2.38. The second-order valence-electron chi connectivity index (χ2n) is 15.5. The highest BCUT2D eigenvalue weighted by atomic mass is 16.2. The Morgan fingerprint density at radius 3 is 1.50 bits per heavy atom. The van der Waals surface area contributed by atoms with Gasteiger partial charge in [-0.25, -0.2) is 9.97 Å². The molecule has 8 rings (SSSR count). The van der Waals surface area contributed by atoms with Gasteiger partial charge in [-0.2, -0.15) is 0 Å². The van der Waals surface area contributed by atoms with E-state index in [1.54, 1.807) is 0 Å². The van der Waals surface area contributed by atoms with Crippen molar-refractivity contribution < 1.29 is 9.59 Å². The van der Waals surface area contributed by atoms with Gasteiger partial charge in [-0.05, 0) is 87.8 Å². The summed E-state index contributed by atoms with van der Waals surface area (Å²) in [5.74, 6) is 1.85. The summed E-state index contributed by atoms with van der Waals surface area (Å²) >= 11 is 0. The predicted molar refractivity (Wildman–Crippen MR) is 220 cm³/mol. The Morgan fingerprint density at radius 2 is 1.02 bits per heavy atom. The number of hydrogen-bond acceptors (Lipinski definition) is 6. The SMILES string of the molecule is CN(C)[C@@H](C(=O)N1CCC[C@@H]1c1ncc(-c2ccc(-c3cccc(-c4cnc([C@@H]5CCCN5C(=O)[C@@H](c5ccccc5)N(C)C)[nH]4)c3)cc2)[nH]1)c1ccccc1. The molecule has 286 valence electrons. The molecule has 0 bridgehead atoms. The van der Waals surface area contributed by atoms with Crippen LogP contribution >= 0.6 is 0 Å². The number of rotatable bonds is 11. The van der Waals surface area contributed by atoms with Crippen LogP contribution in [0.25, 0.3) is 33.6 Å². The van der Waals surface area contributed by atoms with Crippen LogP contribution in [0.2, 0.25) is 0 Å². The third-order valence-electron chi connectivity index (χ3n) is 11.3. The second kappa shape index (κ2) is 16.1. The third kappa shape index (κ3) is 7.42. The number of aromatic nitrogens is 4. The topological polar surface area (TPSA) is 104 Å². The average molecular weight is 747 g/mol. The summed E-state index contributed by atoms with van der Waals surface area (Å²) in [5.41, 5.74) is 8.11. The van der Waals surface area contributed by atoms with E-state index in [-0.39, 0.29) is 36.0 Å². The summed E-state index contributed by atoms with van der Waals surface area (Å²) in [6, 6.07) is 36.1. The number of carbonyl (C=O) groups is 2. The number of nitrogens with zero attached hydrogens (tertiary/aromatic N) is 6. The molecule has 56 heavy (non-hydrogen) atoms. The Kier molecular flexibility index (Phi) is 10.7. The van der Waals surface area contributed by atoms with Crippen LogP contribution in [0, 0.1) is 0 Å². The van der Waals surface area contributed by atoms with Crippen molar-refractivity contribution in [2.75, 3.05) is 41.3 Å². The fourth-order valence-corrected chi connectivity index (χ4v) is 8.55. The number of benzene rings is 4. The molecule has 10 nitrogen and oxygen atoms in total. The van der Waals surface area contributed by atoms with Gasteiger partial charge in [0.1, 0.15) is 23.7 Å². The van der Waals surface area contributed by atoms with Crippen molar-refractivity contribution in [3.05, 3.63) is 144 Å². The number of nitrogens with one attached hydrogen (secondary N) is 2. The number of hydrogen-bond donors (Lipinski definition) is 2. The number of aromatic amines is 2. The third-order valence-corrected chi connectivity index (χ3v) is 11.3. The van der Waals surface area contributed by atoms with E-state index in [2.05, 4.69) is 58.5 Å². The summed E-state index contributed by atoms with van der Waals surface area (Å²) in [4.78, 5) is 52.6. The maximum atomic E-state index is 14.0. The van der Waals surface area contributed by atoms with Crippen LogP contribution in [0.15, 0.2) is 122 Å². The largest absolute Gasteiger partial charge is 0.340 e. The molecule has 0 unspecified atom stereocenters. The number of likely N-dealkylation sites (N-methyl/N-ethyl adjacent to an activating group) is 2. The van der Waals surface area contributed by atoms with E-state index < -0.39 is 0 Å². The zero-order valence-corrected chi connectivity index (χ0v) is 32.6. The maximum absolute atomic E-state index is 14.0. The molecular weight excluding hydrogens is 697 g/mol. The lowest BCUT2D eigenvalue weighted by Crippen LogP contribution is -2.40. The smallest absolute Gasteiger partial charge is 0.245 e. The summed E-state index contributed by atoms with van der Waals surface area (Å²) in [6.45, 7) is 1.43. The van der Waals surface area contributed by atoms with Gasteiger partial charge >= 0.3 is 0 Å². The van der Waals surface area contributed by atoms with Crippen LogP contribution in [0.5, 0.6) is 0 Å². The van der Waals surface area contributed by atoms with Gasteiger partial charge in [-0.15, -0.1) is 0 Å². The van der Waals surface area contributed by atoms with Gasteiger partial charge in [0.05, 0.1) is 35.9 Å². The van der Waals surface area contributed by atoms with Crippen LogP contribution in [-0.4, -0.2) is 92.6 Å². The molecule has 2 fully saturated rings. The molecule has 4 aromatic carbocycles. The fourth-order valence-electron chi connectivity index (χ4n) is 8.55. The minimum atomic E-state index is -0.348. The molecule has 6 aromatic rings. The van der Waals surface area contributed by atoms with Crippen LogP contribution < -0.4 is 0 Å². The van der Waals surface area contributed by atoms with E-state index in [0.29, 0.717) is 6.54 Å². The summed E-state index contributed by atoms with van der Waals surface area (Å²) in [6.07, 6.45) is 7.40. The first-order valence-electron chi connectivity index (χ1n) is 19.6. The number of H-pyrrole nitrogens is 2. The molecule has 2 aromatic heterocycles. The standard InChI is InChI=1S/C46H50N8O2/c1-51(2)41(33-14-7-5-8-15-33)45(55)53-26-12-20-39(53)43-47-29-37(49-43)32-24-22-31(23-25-32)35-18-11-19-36(28-35)38-30-48-44(50-38)40-21-13-27-54(40)46(56)42(52(3)4)34-16-9-6-10-17-34/h5-11,14-19,22-25,28-30,39-42H,12-13,20-21,26-27H2,1-4H3,(H,47,49)(H,48,50)/t39-,40+,41-,42-/m1/s1. The molecule has 2 aliphatic heterocycles. The lowest BCUT2D eigenvalue weighted by molar-refractivity contribution is -0.138. The van der Waals surface area contributed by atoms with Gasteiger partial charge in [-0.1, -0.05) is 103 Å². The molecule has 0 spiro atoms. The highest BCUT2D eigenvalue weighted by Crippen LogP contribution is 2.37. The van der Waals surface area contributed by atoms with E-state index in [0.717, 1.165) is 88.6 Å². The molecule has 0 saturated carbocycles. The number of imidazole rings is 2. The molecule has 0 radical (unpaired) electrons. The van der Waals surface area contributed by atoms with Gasteiger partial charge < -0.3 is 19.8 Å². The number of amides is 2. The Balaban J connectivity index is 0.960. The molecule has 2 aliphatic rings. The maximum Gasteiger partial charge on any atom is 0.245 e. The summed E-state index contributed by atoms with van der Waals surface area (Å²) in [7, 11) is 7.84. The van der Waals surface area contributed by atoms with E-state index in [1.807, 2.05) is 121 Å². The molecule has 2 N–H and O–H groups in total. The van der Waals surface area contributed by atoms with Crippen LogP contribution in [-0.2, 0) is 9.59 Å². The van der Waals surface area contributed by atoms with Crippen molar-refractivity contribution in [3.63, 3.8) is 0 Å². The number of carbonyl (C=O) groups excluding carboxylic acids is 2. The molecule has 2 saturated heterocycles. The van der Waals surface area contributed by atoms with Gasteiger partial charge in [0.15, 0.2) is 0 Å². The van der Waals surface area contributed by atoms with Crippen LogP contribution in [0.4, 0.5) is 0 Å². The Labute approximate surface area is 329 Å². The van der Waals surface area contributed by atoms with Gasteiger partial charge in [0.2, 0.25) is 11.8 Å². The van der Waals surface area contributed by atoms with Crippen molar-refractivity contribution in [2.24, 2.45) is 0 Å². The predicted octanol–water partition coefficient (Wildman–Crippen LogP) is 8.07. The van der Waals surface area contributed by atoms with E-state index in [9.17, 15) is 9.59 Å². The van der Waals surface area contributed by atoms with Gasteiger partial charge in [0, 0.05) is 18.7 Å². The van der Waals surface area contributed by atoms with Crippen molar-refractivity contribution in [2.45, 2.75) is 49.9 Å². The lowest BCUT2D eigenvalue weighted by atomic mass is 10.0. The Morgan fingerprint density at radius 1 is 0.571 bits per heavy atom. The Hall–Kier alpha value is -5.84. The highest BCUT2D eigenvalue weighted by molar-refractivity contribution is 5.85.